The van der Waals surface area contributed by atoms with Gasteiger partial charge in [-0.05, 0) is 19.1 Å². The van der Waals surface area contributed by atoms with Crippen molar-refractivity contribution in [3.05, 3.63) is 35.4 Å². The Morgan fingerprint density at radius 3 is 3.14 bits per heavy atom. The van der Waals surface area contributed by atoms with E-state index in [0.717, 1.165) is 11.3 Å². The Morgan fingerprint density at radius 2 is 2.43 bits per heavy atom. The number of Topliss-reactive ketones (excluding diaryl/α,β-unsaturated/α-hetero) is 1. The Morgan fingerprint density at radius 1 is 1.64 bits per heavy atom. The molecule has 0 atom stereocenters. The van der Waals surface area contributed by atoms with Crippen molar-refractivity contribution in [1.29, 1.82) is 0 Å². The average Bonchev–Trinajstić information content (AvgIpc) is 2.47. The summed E-state index contributed by atoms with van der Waals surface area (Å²) in [5, 5.41) is 0.673. The second-order valence-electron chi connectivity index (χ2n) is 3.19. The zero-order valence-electron chi connectivity index (χ0n) is 7.70. The molecule has 0 saturated carbocycles. The molecule has 0 saturated heterocycles. The van der Waals surface area contributed by atoms with Gasteiger partial charge in [0.05, 0.1) is 18.1 Å². The smallest absolute Gasteiger partial charge is 0.137 e. The van der Waals surface area contributed by atoms with Crippen LogP contribution in [0.25, 0.3) is 5.52 Å². The lowest BCUT2D eigenvalue weighted by atomic mass is 10.3. The largest absolute Gasteiger partial charge is 0.303 e. The summed E-state index contributed by atoms with van der Waals surface area (Å²) in [6.07, 6.45) is 3.89. The fourth-order valence-electron chi connectivity index (χ4n) is 1.38. The number of hydrogen-bond acceptors (Lipinski definition) is 2. The molecular weight excluding hydrogens is 200 g/mol. The molecule has 0 amide bonds. The third-order valence-electron chi connectivity index (χ3n) is 1.98. The molecule has 0 aliphatic rings. The SMILES string of the molecule is CC(=O)Cc1ncc2cc(Cl)ccn12. The number of carbonyl (C=O) groups is 1. The minimum absolute atomic E-state index is 0.104. The Kier molecular flexibility index (Phi) is 2.25. The van der Waals surface area contributed by atoms with Crippen LogP contribution in [0.3, 0.4) is 0 Å². The van der Waals surface area contributed by atoms with E-state index in [1.54, 1.807) is 19.2 Å². The molecule has 0 N–H and O–H groups in total. The molecular formula is C10H9ClN2O. The van der Waals surface area contributed by atoms with Gasteiger partial charge in [0.1, 0.15) is 11.6 Å². The molecule has 72 valence electrons. The van der Waals surface area contributed by atoms with E-state index in [1.165, 1.54) is 0 Å². The van der Waals surface area contributed by atoms with Crippen molar-refractivity contribution in [2.24, 2.45) is 0 Å². The topological polar surface area (TPSA) is 34.4 Å². The minimum atomic E-state index is 0.104. The molecule has 2 heterocycles. The number of hydrogen-bond donors (Lipinski definition) is 0. The first-order valence-corrected chi connectivity index (χ1v) is 4.65. The van der Waals surface area contributed by atoms with Gasteiger partial charge in [-0.2, -0.15) is 0 Å². The summed E-state index contributed by atoms with van der Waals surface area (Å²) in [6, 6.07) is 3.60. The number of ketones is 1. The van der Waals surface area contributed by atoms with E-state index in [9.17, 15) is 4.79 Å². The third kappa shape index (κ3) is 1.63. The summed E-state index contributed by atoms with van der Waals surface area (Å²) in [5.41, 5.74) is 0.911. The van der Waals surface area contributed by atoms with Crippen LogP contribution >= 0.6 is 11.6 Å². The van der Waals surface area contributed by atoms with Gasteiger partial charge < -0.3 is 4.40 Å². The highest BCUT2D eigenvalue weighted by Gasteiger charge is 2.05. The van der Waals surface area contributed by atoms with Gasteiger partial charge in [-0.15, -0.1) is 0 Å². The molecule has 0 aliphatic carbocycles. The lowest BCUT2D eigenvalue weighted by Crippen LogP contribution is -2.01. The van der Waals surface area contributed by atoms with Crippen molar-refractivity contribution in [2.75, 3.05) is 0 Å². The summed E-state index contributed by atoms with van der Waals surface area (Å²) in [6.45, 7) is 1.55. The number of fused-ring (bicyclic) bond motifs is 1. The van der Waals surface area contributed by atoms with Gasteiger partial charge in [0.25, 0.3) is 0 Å². The van der Waals surface area contributed by atoms with Gasteiger partial charge in [0.2, 0.25) is 0 Å². The zero-order valence-corrected chi connectivity index (χ0v) is 8.45. The van der Waals surface area contributed by atoms with E-state index in [-0.39, 0.29) is 5.78 Å². The lowest BCUT2D eigenvalue weighted by molar-refractivity contribution is -0.116. The van der Waals surface area contributed by atoms with Crippen molar-refractivity contribution < 1.29 is 4.79 Å². The second kappa shape index (κ2) is 3.42. The molecule has 0 fully saturated rings. The molecule has 0 spiro atoms. The maximum atomic E-state index is 10.9. The summed E-state index contributed by atoms with van der Waals surface area (Å²) in [4.78, 5) is 15.1. The van der Waals surface area contributed by atoms with Crippen LogP contribution in [0.5, 0.6) is 0 Å². The van der Waals surface area contributed by atoms with Gasteiger partial charge in [0.15, 0.2) is 0 Å². The van der Waals surface area contributed by atoms with Crippen LogP contribution in [0.15, 0.2) is 24.5 Å². The molecule has 0 aliphatic heterocycles. The van der Waals surface area contributed by atoms with Crippen molar-refractivity contribution in [3.63, 3.8) is 0 Å². The predicted octanol–water partition coefficient (Wildman–Crippen LogP) is 2.12. The maximum absolute atomic E-state index is 10.9. The maximum Gasteiger partial charge on any atom is 0.137 e. The van der Waals surface area contributed by atoms with Crippen molar-refractivity contribution in [3.8, 4) is 0 Å². The highest BCUT2D eigenvalue weighted by molar-refractivity contribution is 6.30. The second-order valence-corrected chi connectivity index (χ2v) is 3.63. The quantitative estimate of drug-likeness (QED) is 0.758. The van der Waals surface area contributed by atoms with E-state index in [4.69, 9.17) is 11.6 Å². The number of pyridine rings is 1. The molecule has 3 nitrogen and oxygen atoms in total. The molecule has 0 unspecified atom stereocenters. The van der Waals surface area contributed by atoms with E-state index in [2.05, 4.69) is 4.98 Å². The molecule has 4 heteroatoms. The number of aromatic nitrogens is 2. The fraction of sp³-hybridized carbons (Fsp3) is 0.200. The lowest BCUT2D eigenvalue weighted by Gasteiger charge is -1.98. The molecule has 14 heavy (non-hydrogen) atoms. The van der Waals surface area contributed by atoms with E-state index < -0.39 is 0 Å². The van der Waals surface area contributed by atoms with Gasteiger partial charge in [-0.25, -0.2) is 4.98 Å². The van der Waals surface area contributed by atoms with Crippen molar-refractivity contribution in [1.82, 2.24) is 9.38 Å². The molecule has 0 bridgehead atoms. The molecule has 2 aromatic rings. The van der Waals surface area contributed by atoms with E-state index >= 15 is 0 Å². The van der Waals surface area contributed by atoms with Crippen LogP contribution in [0.4, 0.5) is 0 Å². The average molecular weight is 209 g/mol. The van der Waals surface area contributed by atoms with Crippen LogP contribution in [0, 0.1) is 0 Å². The fourth-order valence-corrected chi connectivity index (χ4v) is 1.55. The van der Waals surface area contributed by atoms with Crippen LogP contribution in [-0.2, 0) is 11.2 Å². The van der Waals surface area contributed by atoms with Gasteiger partial charge in [0, 0.05) is 11.2 Å². The summed E-state index contributed by atoms with van der Waals surface area (Å²) in [5.74, 6) is 0.858. The molecule has 0 radical (unpaired) electrons. The van der Waals surface area contributed by atoms with Gasteiger partial charge in [-0.3, -0.25) is 4.79 Å². The van der Waals surface area contributed by atoms with Gasteiger partial charge in [-0.1, -0.05) is 11.6 Å². The number of halogens is 1. The monoisotopic (exact) mass is 208 g/mol. The van der Waals surface area contributed by atoms with Crippen LogP contribution in [-0.4, -0.2) is 15.2 Å². The summed E-state index contributed by atoms with van der Waals surface area (Å²) < 4.78 is 1.87. The minimum Gasteiger partial charge on any atom is -0.303 e. The number of imidazole rings is 1. The van der Waals surface area contributed by atoms with E-state index in [1.807, 2.05) is 16.7 Å². The Balaban J connectivity index is 2.52. The Labute approximate surface area is 86.3 Å². The van der Waals surface area contributed by atoms with E-state index in [0.29, 0.717) is 11.4 Å². The van der Waals surface area contributed by atoms with Crippen molar-refractivity contribution in [2.45, 2.75) is 13.3 Å². The summed E-state index contributed by atoms with van der Waals surface area (Å²) >= 11 is 5.83. The number of nitrogens with zero attached hydrogens (tertiary/aromatic N) is 2. The Bertz CT molecular complexity index is 490. The predicted molar refractivity (Wildman–Crippen MR) is 54.6 cm³/mol. The number of rotatable bonds is 2. The first kappa shape index (κ1) is 9.21. The highest BCUT2D eigenvalue weighted by Crippen LogP contribution is 2.14. The van der Waals surface area contributed by atoms with Crippen LogP contribution in [0.2, 0.25) is 5.02 Å². The van der Waals surface area contributed by atoms with Crippen molar-refractivity contribution >= 4 is 22.9 Å². The first-order chi connectivity index (χ1) is 6.66. The molecule has 0 aromatic carbocycles. The summed E-state index contributed by atoms with van der Waals surface area (Å²) in [7, 11) is 0. The third-order valence-corrected chi connectivity index (χ3v) is 2.21. The van der Waals surface area contributed by atoms with Gasteiger partial charge >= 0.3 is 0 Å². The zero-order chi connectivity index (χ0) is 10.1. The molecule has 2 rings (SSSR count). The standard InChI is InChI=1S/C10H9ClN2O/c1-7(14)4-10-12-6-9-5-8(11)2-3-13(9)10/h2-3,5-6H,4H2,1H3. The van der Waals surface area contributed by atoms with Crippen LogP contribution < -0.4 is 0 Å². The number of carbonyl (C=O) groups excluding carboxylic acids is 1. The van der Waals surface area contributed by atoms with Crippen LogP contribution in [0.1, 0.15) is 12.7 Å². The Hall–Kier alpha value is -1.35. The first-order valence-electron chi connectivity index (χ1n) is 4.28. The molecule has 2 aromatic heterocycles. The highest BCUT2D eigenvalue weighted by atomic mass is 35.5. The normalized spacial score (nSPS) is 10.7.